The second kappa shape index (κ2) is 8.78. The van der Waals surface area contributed by atoms with Crippen LogP contribution in [0, 0.1) is 0 Å². The summed E-state index contributed by atoms with van der Waals surface area (Å²) in [5.74, 6) is 0.902. The Morgan fingerprint density at radius 3 is 2.90 bits per heavy atom. The Morgan fingerprint density at radius 2 is 2.29 bits per heavy atom. The van der Waals surface area contributed by atoms with Gasteiger partial charge in [-0.2, -0.15) is 11.8 Å². The summed E-state index contributed by atoms with van der Waals surface area (Å²) in [6.45, 7) is 2.90. The van der Waals surface area contributed by atoms with Crippen LogP contribution in [0.15, 0.2) is 17.5 Å². The maximum absolute atomic E-state index is 12.1. The molecule has 2 unspecified atom stereocenters. The average molecular weight is 328 g/mol. The third kappa shape index (κ3) is 4.98. The highest BCUT2D eigenvalue weighted by atomic mass is 32.2. The van der Waals surface area contributed by atoms with Crippen molar-refractivity contribution in [3.8, 4) is 0 Å². The summed E-state index contributed by atoms with van der Waals surface area (Å²) in [4.78, 5) is 15.9. The van der Waals surface area contributed by atoms with Gasteiger partial charge in [-0.05, 0) is 55.8 Å². The SMILES string of the molecule is CSCCC(N)C(=O)NCC(c1cccs1)N1CCCC1. The van der Waals surface area contributed by atoms with Gasteiger partial charge in [0, 0.05) is 11.4 Å². The predicted molar refractivity (Wildman–Crippen MR) is 91.9 cm³/mol. The van der Waals surface area contributed by atoms with E-state index in [0.717, 1.165) is 25.3 Å². The molecule has 118 valence electrons. The topological polar surface area (TPSA) is 58.4 Å². The molecule has 6 heteroatoms. The number of nitrogens with zero attached hydrogens (tertiary/aromatic N) is 1. The first-order valence-electron chi connectivity index (χ1n) is 7.52. The number of carbonyl (C=O) groups is 1. The summed E-state index contributed by atoms with van der Waals surface area (Å²) in [6.07, 6.45) is 5.28. The lowest BCUT2D eigenvalue weighted by molar-refractivity contribution is -0.122. The van der Waals surface area contributed by atoms with Gasteiger partial charge < -0.3 is 11.1 Å². The Kier molecular flexibility index (Phi) is 7.03. The number of carbonyl (C=O) groups excluding carboxylic acids is 1. The molecule has 0 aromatic carbocycles. The van der Waals surface area contributed by atoms with Crippen molar-refractivity contribution in [2.75, 3.05) is 31.6 Å². The van der Waals surface area contributed by atoms with E-state index in [4.69, 9.17) is 5.73 Å². The maximum Gasteiger partial charge on any atom is 0.237 e. The van der Waals surface area contributed by atoms with Gasteiger partial charge in [-0.3, -0.25) is 9.69 Å². The Labute approximate surface area is 135 Å². The molecule has 0 bridgehead atoms. The highest BCUT2D eigenvalue weighted by Crippen LogP contribution is 2.27. The zero-order valence-electron chi connectivity index (χ0n) is 12.6. The summed E-state index contributed by atoms with van der Waals surface area (Å²) < 4.78 is 0. The van der Waals surface area contributed by atoms with Crippen molar-refractivity contribution in [1.82, 2.24) is 10.2 Å². The summed E-state index contributed by atoms with van der Waals surface area (Å²) in [6, 6.07) is 4.15. The monoisotopic (exact) mass is 327 g/mol. The van der Waals surface area contributed by atoms with Crippen molar-refractivity contribution in [2.45, 2.75) is 31.3 Å². The fourth-order valence-corrected chi connectivity index (χ4v) is 4.00. The standard InChI is InChI=1S/C15H25N3OS2/c1-20-10-6-12(16)15(19)17-11-13(14-5-4-9-21-14)18-7-2-3-8-18/h4-5,9,12-13H,2-3,6-8,10-11,16H2,1H3,(H,17,19). The zero-order valence-corrected chi connectivity index (χ0v) is 14.2. The largest absolute Gasteiger partial charge is 0.353 e. The van der Waals surface area contributed by atoms with Gasteiger partial charge in [0.2, 0.25) is 5.91 Å². The third-order valence-corrected chi connectivity index (χ3v) is 5.51. The molecular formula is C15H25N3OS2. The van der Waals surface area contributed by atoms with Gasteiger partial charge in [-0.1, -0.05) is 6.07 Å². The molecule has 0 radical (unpaired) electrons. The molecule has 3 N–H and O–H groups in total. The number of nitrogens with two attached hydrogens (primary N) is 1. The molecule has 2 heterocycles. The van der Waals surface area contributed by atoms with Crippen molar-refractivity contribution in [3.63, 3.8) is 0 Å². The molecule has 0 aliphatic carbocycles. The fourth-order valence-electron chi connectivity index (χ4n) is 2.65. The van der Waals surface area contributed by atoms with Crippen LogP contribution in [0.3, 0.4) is 0 Å². The van der Waals surface area contributed by atoms with Gasteiger partial charge in [0.25, 0.3) is 0 Å². The van der Waals surface area contributed by atoms with E-state index in [1.165, 1.54) is 17.7 Å². The molecule has 1 fully saturated rings. The summed E-state index contributed by atoms with van der Waals surface area (Å²) in [5, 5.41) is 5.15. The summed E-state index contributed by atoms with van der Waals surface area (Å²) in [7, 11) is 0. The lowest BCUT2D eigenvalue weighted by atomic mass is 10.2. The quantitative estimate of drug-likeness (QED) is 0.767. The molecule has 21 heavy (non-hydrogen) atoms. The molecule has 1 amide bonds. The Bertz CT molecular complexity index is 419. The number of thiophene rings is 1. The molecule has 4 nitrogen and oxygen atoms in total. The van der Waals surface area contributed by atoms with Crippen molar-refractivity contribution in [3.05, 3.63) is 22.4 Å². The van der Waals surface area contributed by atoms with Crippen molar-refractivity contribution in [2.24, 2.45) is 5.73 Å². The van der Waals surface area contributed by atoms with Gasteiger partial charge in [-0.15, -0.1) is 11.3 Å². The maximum atomic E-state index is 12.1. The number of nitrogens with one attached hydrogen (secondary N) is 1. The van der Waals surface area contributed by atoms with Crippen molar-refractivity contribution >= 4 is 29.0 Å². The normalized spacial score (nSPS) is 18.6. The van der Waals surface area contributed by atoms with Crippen LogP contribution in [0.4, 0.5) is 0 Å². The van der Waals surface area contributed by atoms with E-state index in [1.54, 1.807) is 23.1 Å². The summed E-state index contributed by atoms with van der Waals surface area (Å²) >= 11 is 3.49. The number of likely N-dealkylation sites (tertiary alicyclic amines) is 1. The number of hydrogen-bond acceptors (Lipinski definition) is 5. The minimum Gasteiger partial charge on any atom is -0.353 e. The van der Waals surface area contributed by atoms with E-state index in [1.807, 2.05) is 6.26 Å². The van der Waals surface area contributed by atoms with Gasteiger partial charge >= 0.3 is 0 Å². The predicted octanol–water partition coefficient (Wildman–Crippen LogP) is 2.08. The number of amides is 1. The minimum atomic E-state index is -0.389. The molecule has 2 atom stereocenters. The molecular weight excluding hydrogens is 302 g/mol. The Morgan fingerprint density at radius 1 is 1.52 bits per heavy atom. The number of hydrogen-bond donors (Lipinski definition) is 2. The van der Waals surface area contributed by atoms with Crippen LogP contribution in [0.25, 0.3) is 0 Å². The van der Waals surface area contributed by atoms with E-state index in [-0.39, 0.29) is 11.9 Å². The molecule has 0 saturated carbocycles. The van der Waals surface area contributed by atoms with Gasteiger partial charge in [0.05, 0.1) is 12.1 Å². The highest BCUT2D eigenvalue weighted by molar-refractivity contribution is 7.98. The van der Waals surface area contributed by atoms with Crippen molar-refractivity contribution < 1.29 is 4.79 Å². The molecule has 0 spiro atoms. The molecule has 1 aromatic rings. The lowest BCUT2D eigenvalue weighted by Gasteiger charge is -2.27. The van der Waals surface area contributed by atoms with Gasteiger partial charge in [0.15, 0.2) is 0 Å². The van der Waals surface area contributed by atoms with Crippen LogP contribution in [-0.4, -0.2) is 48.5 Å². The van der Waals surface area contributed by atoms with Crippen LogP contribution in [0.1, 0.15) is 30.2 Å². The Balaban J connectivity index is 1.88. The number of thioether (sulfide) groups is 1. The smallest absolute Gasteiger partial charge is 0.237 e. The third-order valence-electron chi connectivity index (χ3n) is 3.89. The Hall–Kier alpha value is -0.560. The fraction of sp³-hybridized carbons (Fsp3) is 0.667. The first-order valence-corrected chi connectivity index (χ1v) is 9.79. The van der Waals surface area contributed by atoms with Crippen LogP contribution in [0.2, 0.25) is 0 Å². The van der Waals surface area contributed by atoms with E-state index in [9.17, 15) is 4.79 Å². The van der Waals surface area contributed by atoms with Crippen LogP contribution in [0.5, 0.6) is 0 Å². The van der Waals surface area contributed by atoms with Gasteiger partial charge in [0.1, 0.15) is 0 Å². The van der Waals surface area contributed by atoms with Crippen molar-refractivity contribution in [1.29, 1.82) is 0 Å². The second-order valence-corrected chi connectivity index (χ2v) is 7.37. The minimum absolute atomic E-state index is 0.0233. The molecule has 1 aliphatic heterocycles. The summed E-state index contributed by atoms with van der Waals surface area (Å²) in [5.41, 5.74) is 5.93. The van der Waals surface area contributed by atoms with E-state index >= 15 is 0 Å². The average Bonchev–Trinajstić information content (AvgIpc) is 3.18. The molecule has 1 aromatic heterocycles. The lowest BCUT2D eigenvalue weighted by Crippen LogP contribution is -2.44. The zero-order chi connectivity index (χ0) is 15.1. The van der Waals surface area contributed by atoms with E-state index < -0.39 is 0 Å². The molecule has 2 rings (SSSR count). The molecule has 1 saturated heterocycles. The highest BCUT2D eigenvalue weighted by Gasteiger charge is 2.25. The first-order chi connectivity index (χ1) is 10.2. The second-order valence-electron chi connectivity index (χ2n) is 5.41. The van der Waals surface area contributed by atoms with Crippen LogP contribution in [-0.2, 0) is 4.79 Å². The van der Waals surface area contributed by atoms with Crippen LogP contribution >= 0.6 is 23.1 Å². The van der Waals surface area contributed by atoms with Crippen LogP contribution < -0.4 is 11.1 Å². The number of rotatable bonds is 8. The first kappa shape index (κ1) is 16.8. The van der Waals surface area contributed by atoms with E-state index in [2.05, 4.69) is 27.7 Å². The van der Waals surface area contributed by atoms with Gasteiger partial charge in [-0.25, -0.2) is 0 Å². The van der Waals surface area contributed by atoms with E-state index in [0.29, 0.717) is 12.6 Å². The molecule has 1 aliphatic rings.